The van der Waals surface area contributed by atoms with Gasteiger partial charge in [0, 0.05) is 12.4 Å². The van der Waals surface area contributed by atoms with Gasteiger partial charge < -0.3 is 0 Å². The summed E-state index contributed by atoms with van der Waals surface area (Å²) in [6, 6.07) is 15.9. The summed E-state index contributed by atoms with van der Waals surface area (Å²) in [5.74, 6) is 0. The zero-order chi connectivity index (χ0) is 14.1. The third kappa shape index (κ3) is 2.19. The Labute approximate surface area is 126 Å². The Hall–Kier alpha value is -2.59. The van der Waals surface area contributed by atoms with Crippen LogP contribution in [0.2, 0.25) is 0 Å². The molecule has 0 unspecified atom stereocenters. The lowest BCUT2D eigenvalue weighted by atomic mass is 10.1. The van der Waals surface area contributed by atoms with Crippen LogP contribution in [0.5, 0.6) is 0 Å². The number of hydrogen-bond acceptors (Lipinski definition) is 4. The van der Waals surface area contributed by atoms with Gasteiger partial charge in [-0.2, -0.15) is 0 Å². The summed E-state index contributed by atoms with van der Waals surface area (Å²) in [5, 5.41) is 3.26. The number of nitrogens with zero attached hydrogens (tertiary/aromatic N) is 3. The van der Waals surface area contributed by atoms with Crippen LogP contribution in [0.25, 0.3) is 32.9 Å². The number of pyridine rings is 3. The van der Waals surface area contributed by atoms with E-state index in [1.165, 1.54) is 5.39 Å². The molecule has 0 saturated heterocycles. The first-order valence-corrected chi connectivity index (χ1v) is 7.51. The summed E-state index contributed by atoms with van der Waals surface area (Å²) in [7, 11) is 0. The summed E-state index contributed by atoms with van der Waals surface area (Å²) >= 11 is 1.69. The maximum Gasteiger partial charge on any atom is 0.107 e. The zero-order valence-corrected chi connectivity index (χ0v) is 11.9. The van der Waals surface area contributed by atoms with Crippen molar-refractivity contribution in [2.24, 2.45) is 0 Å². The molecule has 0 atom stereocenters. The van der Waals surface area contributed by atoms with Gasteiger partial charge in [0.25, 0.3) is 0 Å². The van der Waals surface area contributed by atoms with E-state index in [0.717, 1.165) is 27.5 Å². The topological polar surface area (TPSA) is 38.7 Å². The molecule has 0 aliphatic carbocycles. The van der Waals surface area contributed by atoms with Crippen LogP contribution in [-0.4, -0.2) is 15.0 Å². The Bertz CT molecular complexity index is 886. The summed E-state index contributed by atoms with van der Waals surface area (Å²) in [6.07, 6.45) is 3.58. The molecule has 0 aliphatic rings. The minimum atomic E-state index is 0.877. The second kappa shape index (κ2) is 5.07. The third-order valence-electron chi connectivity index (χ3n) is 3.27. The van der Waals surface area contributed by atoms with Crippen molar-refractivity contribution in [2.45, 2.75) is 0 Å². The molecule has 4 rings (SSSR count). The summed E-state index contributed by atoms with van der Waals surface area (Å²) in [5.41, 5.74) is 3.57. The highest BCUT2D eigenvalue weighted by molar-refractivity contribution is 7.17. The van der Waals surface area contributed by atoms with Gasteiger partial charge in [-0.05, 0) is 47.2 Å². The van der Waals surface area contributed by atoms with Crippen molar-refractivity contribution in [3.05, 3.63) is 66.3 Å². The van der Waals surface area contributed by atoms with Gasteiger partial charge in [-0.25, -0.2) is 4.98 Å². The molecule has 0 spiro atoms. The lowest BCUT2D eigenvalue weighted by Gasteiger charge is -2.06. The minimum Gasteiger partial charge on any atom is -0.255 e. The van der Waals surface area contributed by atoms with E-state index in [-0.39, 0.29) is 0 Å². The van der Waals surface area contributed by atoms with E-state index in [1.54, 1.807) is 23.7 Å². The number of thiophene rings is 1. The molecule has 4 aromatic heterocycles. The van der Waals surface area contributed by atoms with Gasteiger partial charge in [0.15, 0.2) is 0 Å². The van der Waals surface area contributed by atoms with Gasteiger partial charge in [-0.1, -0.05) is 12.1 Å². The maximum atomic E-state index is 4.80. The normalized spacial score (nSPS) is 10.9. The van der Waals surface area contributed by atoms with Crippen LogP contribution in [0.4, 0.5) is 0 Å². The number of fused-ring (bicyclic) bond motifs is 1. The predicted molar refractivity (Wildman–Crippen MR) is 86.1 cm³/mol. The van der Waals surface area contributed by atoms with Gasteiger partial charge in [-0.3, -0.25) is 9.97 Å². The fraction of sp³-hybridized carbons (Fsp3) is 0. The highest BCUT2D eigenvalue weighted by Crippen LogP contribution is 2.32. The molecule has 4 aromatic rings. The van der Waals surface area contributed by atoms with Gasteiger partial charge in [0.1, 0.15) is 5.69 Å². The van der Waals surface area contributed by atoms with E-state index in [2.05, 4.69) is 27.5 Å². The standard InChI is InChI=1S/C17H11N3S/c1-3-8-18-13(5-1)15-11-12-7-10-21-17(12)16(20-15)14-6-2-4-9-19-14/h1-11H. The first-order chi connectivity index (χ1) is 10.4. The molecule has 100 valence electrons. The second-order valence-corrected chi connectivity index (χ2v) is 5.54. The zero-order valence-electron chi connectivity index (χ0n) is 11.1. The molecular formula is C17H11N3S. The Morgan fingerprint density at radius 1 is 0.762 bits per heavy atom. The van der Waals surface area contributed by atoms with Crippen LogP contribution < -0.4 is 0 Å². The first-order valence-electron chi connectivity index (χ1n) is 6.63. The van der Waals surface area contributed by atoms with Gasteiger partial charge >= 0.3 is 0 Å². The van der Waals surface area contributed by atoms with Crippen LogP contribution in [0.3, 0.4) is 0 Å². The second-order valence-electron chi connectivity index (χ2n) is 4.63. The third-order valence-corrected chi connectivity index (χ3v) is 4.21. The Kier molecular flexibility index (Phi) is 2.94. The van der Waals surface area contributed by atoms with Crippen molar-refractivity contribution in [1.82, 2.24) is 15.0 Å². The monoisotopic (exact) mass is 289 g/mol. The van der Waals surface area contributed by atoms with Crippen molar-refractivity contribution in [3.63, 3.8) is 0 Å². The first kappa shape index (κ1) is 12.2. The molecule has 4 heterocycles. The van der Waals surface area contributed by atoms with Crippen LogP contribution in [0, 0.1) is 0 Å². The van der Waals surface area contributed by atoms with E-state index in [4.69, 9.17) is 4.98 Å². The van der Waals surface area contributed by atoms with Crippen LogP contribution in [0.1, 0.15) is 0 Å². The largest absolute Gasteiger partial charge is 0.255 e. The molecule has 0 aromatic carbocycles. The van der Waals surface area contributed by atoms with Crippen molar-refractivity contribution < 1.29 is 0 Å². The van der Waals surface area contributed by atoms with Gasteiger partial charge in [-0.15, -0.1) is 11.3 Å². The molecule has 21 heavy (non-hydrogen) atoms. The molecule has 0 saturated carbocycles. The average Bonchev–Trinajstić information content (AvgIpc) is 3.04. The maximum absolute atomic E-state index is 4.80. The molecule has 3 nitrogen and oxygen atoms in total. The van der Waals surface area contributed by atoms with E-state index in [0.29, 0.717) is 0 Å². The van der Waals surface area contributed by atoms with Crippen molar-refractivity contribution in [3.8, 4) is 22.8 Å². The molecule has 0 N–H and O–H groups in total. The smallest absolute Gasteiger partial charge is 0.107 e. The van der Waals surface area contributed by atoms with E-state index in [1.807, 2.05) is 36.4 Å². The quantitative estimate of drug-likeness (QED) is 0.548. The van der Waals surface area contributed by atoms with Crippen LogP contribution >= 0.6 is 11.3 Å². The molecular weight excluding hydrogens is 278 g/mol. The fourth-order valence-corrected chi connectivity index (χ4v) is 3.17. The van der Waals surface area contributed by atoms with E-state index < -0.39 is 0 Å². The minimum absolute atomic E-state index is 0.877. The molecule has 0 bridgehead atoms. The van der Waals surface area contributed by atoms with Gasteiger partial charge in [0.2, 0.25) is 0 Å². The molecule has 0 radical (unpaired) electrons. The highest BCUT2D eigenvalue weighted by atomic mass is 32.1. The summed E-state index contributed by atoms with van der Waals surface area (Å²) in [4.78, 5) is 13.6. The molecule has 4 heteroatoms. The lowest BCUT2D eigenvalue weighted by molar-refractivity contribution is 1.24. The molecule has 0 aliphatic heterocycles. The number of aromatic nitrogens is 3. The van der Waals surface area contributed by atoms with E-state index >= 15 is 0 Å². The fourth-order valence-electron chi connectivity index (χ4n) is 2.30. The van der Waals surface area contributed by atoms with Crippen molar-refractivity contribution in [1.29, 1.82) is 0 Å². The average molecular weight is 289 g/mol. The Balaban J connectivity index is 2.00. The SMILES string of the molecule is c1ccc(-c2cc3ccsc3c(-c3ccccn3)n2)nc1. The predicted octanol–water partition coefficient (Wildman–Crippen LogP) is 4.42. The highest BCUT2D eigenvalue weighted by Gasteiger charge is 2.11. The van der Waals surface area contributed by atoms with Crippen LogP contribution in [0.15, 0.2) is 66.3 Å². The van der Waals surface area contributed by atoms with Crippen molar-refractivity contribution >= 4 is 21.4 Å². The van der Waals surface area contributed by atoms with Crippen LogP contribution in [-0.2, 0) is 0 Å². The van der Waals surface area contributed by atoms with E-state index in [9.17, 15) is 0 Å². The molecule has 0 fully saturated rings. The Morgan fingerprint density at radius 2 is 1.52 bits per heavy atom. The summed E-state index contributed by atoms with van der Waals surface area (Å²) < 4.78 is 1.16. The Morgan fingerprint density at radius 3 is 2.24 bits per heavy atom. The van der Waals surface area contributed by atoms with Crippen molar-refractivity contribution in [2.75, 3.05) is 0 Å². The van der Waals surface area contributed by atoms with Gasteiger partial charge in [0.05, 0.1) is 21.8 Å². The lowest BCUT2D eigenvalue weighted by Crippen LogP contribution is -1.92. The summed E-state index contributed by atoms with van der Waals surface area (Å²) in [6.45, 7) is 0. The number of hydrogen-bond donors (Lipinski definition) is 0. The molecule has 0 amide bonds. The number of rotatable bonds is 2.